The van der Waals surface area contributed by atoms with Crippen LogP contribution < -0.4 is 0 Å². The monoisotopic (exact) mass is 305 g/mol. The van der Waals surface area contributed by atoms with Crippen molar-refractivity contribution in [3.8, 4) is 6.07 Å². The van der Waals surface area contributed by atoms with Gasteiger partial charge in [-0.15, -0.1) is 0 Å². The Hall–Kier alpha value is -2.81. The Morgan fingerprint density at radius 2 is 1.86 bits per heavy atom. The van der Waals surface area contributed by atoms with Crippen molar-refractivity contribution in [3.05, 3.63) is 70.8 Å². The van der Waals surface area contributed by atoms with Crippen LogP contribution in [0.3, 0.4) is 0 Å². The Balaban J connectivity index is 2.14. The number of carbonyl (C=O) groups is 1. The van der Waals surface area contributed by atoms with Crippen molar-refractivity contribution in [1.29, 1.82) is 5.26 Å². The second kappa shape index (κ2) is 6.31. The summed E-state index contributed by atoms with van der Waals surface area (Å²) in [6.45, 7) is -0.495. The number of rotatable bonds is 3. The third-order valence-electron chi connectivity index (χ3n) is 2.91. The standard InChI is InChI=1S/C16H10F3NO2/c17-16(18,19)14-7-2-1-5-13(14)10-22-15(21)12-6-3-4-11(8-12)9-20/h1-8H,10H2. The normalized spacial score (nSPS) is 10.8. The van der Waals surface area contributed by atoms with Gasteiger partial charge in [-0.3, -0.25) is 0 Å². The number of hydrogen-bond acceptors (Lipinski definition) is 3. The number of esters is 1. The van der Waals surface area contributed by atoms with E-state index in [-0.39, 0.29) is 16.7 Å². The molecule has 0 aliphatic carbocycles. The first-order chi connectivity index (χ1) is 10.4. The lowest BCUT2D eigenvalue weighted by atomic mass is 10.1. The molecule has 2 rings (SSSR count). The summed E-state index contributed by atoms with van der Waals surface area (Å²) >= 11 is 0. The van der Waals surface area contributed by atoms with Gasteiger partial charge < -0.3 is 4.74 Å². The van der Waals surface area contributed by atoms with Crippen LogP contribution >= 0.6 is 0 Å². The molecule has 6 heteroatoms. The van der Waals surface area contributed by atoms with Gasteiger partial charge in [0.25, 0.3) is 0 Å². The van der Waals surface area contributed by atoms with Crippen LogP contribution in [0.2, 0.25) is 0 Å². The van der Waals surface area contributed by atoms with Gasteiger partial charge in [-0.25, -0.2) is 4.79 Å². The largest absolute Gasteiger partial charge is 0.457 e. The van der Waals surface area contributed by atoms with Crippen molar-refractivity contribution >= 4 is 5.97 Å². The van der Waals surface area contributed by atoms with E-state index in [1.54, 1.807) is 0 Å². The van der Waals surface area contributed by atoms with Crippen molar-refractivity contribution in [2.75, 3.05) is 0 Å². The van der Waals surface area contributed by atoms with Crippen LogP contribution in [0, 0.1) is 11.3 Å². The fourth-order valence-electron chi connectivity index (χ4n) is 1.87. The van der Waals surface area contributed by atoms with Crippen LogP contribution in [-0.2, 0) is 17.5 Å². The highest BCUT2D eigenvalue weighted by atomic mass is 19.4. The maximum absolute atomic E-state index is 12.8. The lowest BCUT2D eigenvalue weighted by Crippen LogP contribution is -2.12. The highest BCUT2D eigenvalue weighted by Crippen LogP contribution is 2.32. The number of nitriles is 1. The van der Waals surface area contributed by atoms with Gasteiger partial charge in [0.05, 0.1) is 22.8 Å². The molecule has 0 aliphatic heterocycles. The topological polar surface area (TPSA) is 50.1 Å². The average molecular weight is 305 g/mol. The van der Waals surface area contributed by atoms with Crippen molar-refractivity contribution < 1.29 is 22.7 Å². The van der Waals surface area contributed by atoms with Crippen LogP contribution in [0.5, 0.6) is 0 Å². The average Bonchev–Trinajstić information content (AvgIpc) is 2.52. The number of halogens is 3. The number of benzene rings is 2. The zero-order chi connectivity index (χ0) is 16.2. The summed E-state index contributed by atoms with van der Waals surface area (Å²) in [6.07, 6.45) is -4.51. The third kappa shape index (κ3) is 3.64. The lowest BCUT2D eigenvalue weighted by Gasteiger charge is -2.12. The summed E-state index contributed by atoms with van der Waals surface area (Å²) in [7, 11) is 0. The molecule has 0 amide bonds. The zero-order valence-electron chi connectivity index (χ0n) is 11.2. The summed E-state index contributed by atoms with van der Waals surface area (Å²) in [4.78, 5) is 11.8. The highest BCUT2D eigenvalue weighted by molar-refractivity contribution is 5.89. The number of nitrogens with zero attached hydrogens (tertiary/aromatic N) is 1. The number of carbonyl (C=O) groups excluding carboxylic acids is 1. The molecule has 0 bridgehead atoms. The molecular formula is C16H10F3NO2. The van der Waals surface area contributed by atoms with Gasteiger partial charge in [-0.2, -0.15) is 18.4 Å². The first-order valence-corrected chi connectivity index (χ1v) is 6.24. The number of ether oxygens (including phenoxy) is 1. The summed E-state index contributed by atoms with van der Waals surface area (Å²) in [5.74, 6) is -0.783. The van der Waals surface area contributed by atoms with E-state index < -0.39 is 24.3 Å². The van der Waals surface area contributed by atoms with E-state index in [1.807, 2.05) is 6.07 Å². The van der Waals surface area contributed by atoms with E-state index in [2.05, 4.69) is 0 Å². The van der Waals surface area contributed by atoms with Gasteiger partial charge in [-0.05, 0) is 24.3 Å². The summed E-state index contributed by atoms with van der Waals surface area (Å²) < 4.78 is 43.4. The van der Waals surface area contributed by atoms with Gasteiger partial charge in [0, 0.05) is 5.56 Å². The first-order valence-electron chi connectivity index (χ1n) is 6.24. The van der Waals surface area contributed by atoms with Gasteiger partial charge in [-0.1, -0.05) is 24.3 Å². The van der Waals surface area contributed by atoms with Crippen LogP contribution in [-0.4, -0.2) is 5.97 Å². The minimum Gasteiger partial charge on any atom is -0.457 e. The molecule has 0 radical (unpaired) electrons. The SMILES string of the molecule is N#Cc1cccc(C(=O)OCc2ccccc2C(F)(F)F)c1. The summed E-state index contributed by atoms with van der Waals surface area (Å²) in [6, 6.07) is 12.5. The minimum atomic E-state index is -4.51. The highest BCUT2D eigenvalue weighted by Gasteiger charge is 2.33. The van der Waals surface area contributed by atoms with Crippen LogP contribution in [0.15, 0.2) is 48.5 Å². The molecule has 2 aromatic rings. The quantitative estimate of drug-likeness (QED) is 0.807. The van der Waals surface area contributed by atoms with Crippen LogP contribution in [0.4, 0.5) is 13.2 Å². The second-order valence-electron chi connectivity index (χ2n) is 4.42. The molecule has 0 N–H and O–H groups in total. The number of hydrogen-bond donors (Lipinski definition) is 0. The summed E-state index contributed by atoms with van der Waals surface area (Å²) in [5.41, 5.74) is -0.581. The molecule has 22 heavy (non-hydrogen) atoms. The molecule has 0 saturated carbocycles. The van der Waals surface area contributed by atoms with E-state index >= 15 is 0 Å². The van der Waals surface area contributed by atoms with Crippen molar-refractivity contribution in [2.24, 2.45) is 0 Å². The molecule has 112 valence electrons. The van der Waals surface area contributed by atoms with E-state index in [4.69, 9.17) is 10.00 Å². The fraction of sp³-hybridized carbons (Fsp3) is 0.125. The molecular weight excluding hydrogens is 295 g/mol. The van der Waals surface area contributed by atoms with Gasteiger partial charge in [0.1, 0.15) is 6.61 Å². The Labute approximate surface area is 124 Å². The molecule has 0 aromatic heterocycles. The Morgan fingerprint density at radius 1 is 1.14 bits per heavy atom. The Kier molecular flexibility index (Phi) is 4.47. The third-order valence-corrected chi connectivity index (χ3v) is 2.91. The first kappa shape index (κ1) is 15.6. The van der Waals surface area contributed by atoms with Gasteiger partial charge >= 0.3 is 12.1 Å². The van der Waals surface area contributed by atoms with Gasteiger partial charge in [0.2, 0.25) is 0 Å². The van der Waals surface area contributed by atoms with Crippen LogP contribution in [0.25, 0.3) is 0 Å². The number of alkyl halides is 3. The van der Waals surface area contributed by atoms with E-state index in [0.717, 1.165) is 6.07 Å². The molecule has 0 spiro atoms. The molecule has 0 atom stereocenters. The molecule has 0 aliphatic rings. The predicted molar refractivity (Wildman–Crippen MR) is 71.7 cm³/mol. The van der Waals surface area contributed by atoms with E-state index in [0.29, 0.717) is 0 Å². The van der Waals surface area contributed by atoms with Gasteiger partial charge in [0.15, 0.2) is 0 Å². The maximum atomic E-state index is 12.8. The molecule has 2 aromatic carbocycles. The lowest BCUT2D eigenvalue weighted by molar-refractivity contribution is -0.138. The summed E-state index contributed by atoms with van der Waals surface area (Å²) in [5, 5.41) is 8.75. The van der Waals surface area contributed by atoms with Crippen molar-refractivity contribution in [1.82, 2.24) is 0 Å². The zero-order valence-corrected chi connectivity index (χ0v) is 11.2. The maximum Gasteiger partial charge on any atom is 0.416 e. The second-order valence-corrected chi connectivity index (χ2v) is 4.42. The van der Waals surface area contributed by atoms with Crippen molar-refractivity contribution in [2.45, 2.75) is 12.8 Å². The smallest absolute Gasteiger partial charge is 0.416 e. The molecule has 0 saturated heterocycles. The molecule has 0 fully saturated rings. The Bertz CT molecular complexity index is 733. The molecule has 0 unspecified atom stereocenters. The molecule has 0 heterocycles. The van der Waals surface area contributed by atoms with Crippen LogP contribution in [0.1, 0.15) is 27.0 Å². The fourth-order valence-corrected chi connectivity index (χ4v) is 1.87. The van der Waals surface area contributed by atoms with E-state index in [1.165, 1.54) is 42.5 Å². The molecule has 3 nitrogen and oxygen atoms in total. The predicted octanol–water partition coefficient (Wildman–Crippen LogP) is 3.93. The van der Waals surface area contributed by atoms with E-state index in [9.17, 15) is 18.0 Å². The minimum absolute atomic E-state index is 0.114. The van der Waals surface area contributed by atoms with Crippen molar-refractivity contribution in [3.63, 3.8) is 0 Å². The Morgan fingerprint density at radius 3 is 2.55 bits per heavy atom.